The van der Waals surface area contributed by atoms with Gasteiger partial charge in [0.1, 0.15) is 0 Å². The van der Waals surface area contributed by atoms with E-state index in [9.17, 15) is 0 Å². The summed E-state index contributed by atoms with van der Waals surface area (Å²) in [5, 5.41) is 0. The Morgan fingerprint density at radius 1 is 1.60 bits per heavy atom. The molecule has 2 rings (SSSR count). The van der Waals surface area contributed by atoms with E-state index in [-0.39, 0.29) is 0 Å². The van der Waals surface area contributed by atoms with Gasteiger partial charge in [-0.05, 0) is 0 Å². The molecule has 0 nitrogen and oxygen atoms in total. The molecule has 2 heterocycles. The van der Waals surface area contributed by atoms with Gasteiger partial charge in [0.25, 0.3) is 0 Å². The molecule has 2 aliphatic heterocycles. The van der Waals surface area contributed by atoms with Crippen LogP contribution >= 0.6 is 0 Å². The summed E-state index contributed by atoms with van der Waals surface area (Å²) >= 11 is -0.982. The van der Waals surface area contributed by atoms with E-state index in [0.717, 1.165) is 5.92 Å². The minimum atomic E-state index is -0.982. The van der Waals surface area contributed by atoms with Gasteiger partial charge in [-0.25, -0.2) is 0 Å². The molecule has 0 radical (unpaired) electrons. The fourth-order valence-electron chi connectivity index (χ4n) is 1.93. The van der Waals surface area contributed by atoms with Gasteiger partial charge >= 0.3 is 67.6 Å². The van der Waals surface area contributed by atoms with Gasteiger partial charge in [0.15, 0.2) is 0 Å². The second-order valence-electron chi connectivity index (χ2n) is 3.81. The van der Waals surface area contributed by atoms with E-state index >= 15 is 0 Å². The normalized spacial score (nSPS) is 58.8. The SMILES string of the molecule is C=C1CC[I-]2(C)CC2C1C. The van der Waals surface area contributed by atoms with Crippen LogP contribution in [0.1, 0.15) is 13.3 Å². The van der Waals surface area contributed by atoms with Gasteiger partial charge in [-0.15, -0.1) is 0 Å². The molecule has 10 heavy (non-hydrogen) atoms. The third kappa shape index (κ3) is 0.858. The van der Waals surface area contributed by atoms with Crippen LogP contribution in [0.4, 0.5) is 0 Å². The summed E-state index contributed by atoms with van der Waals surface area (Å²) in [7, 11) is 0. The Labute approximate surface area is 67.6 Å². The van der Waals surface area contributed by atoms with Crippen LogP contribution in [-0.2, 0) is 0 Å². The summed E-state index contributed by atoms with van der Waals surface area (Å²) < 4.78 is 4.40. The minimum absolute atomic E-state index is 0.898. The van der Waals surface area contributed by atoms with Gasteiger partial charge in [0.05, 0.1) is 0 Å². The molecule has 2 aliphatic rings. The maximum atomic E-state index is 4.13. The Kier molecular flexibility index (Phi) is 1.42. The topological polar surface area (TPSA) is 0 Å². The van der Waals surface area contributed by atoms with Gasteiger partial charge in [-0.3, -0.25) is 0 Å². The molecule has 0 saturated carbocycles. The third-order valence-corrected chi connectivity index (χ3v) is 13.3. The van der Waals surface area contributed by atoms with Crippen LogP contribution in [0.2, 0.25) is 0 Å². The Hall–Kier alpha value is 0.470. The maximum absolute atomic E-state index is 4.13. The first-order chi connectivity index (χ1) is 4.63. The van der Waals surface area contributed by atoms with Gasteiger partial charge in [-0.1, -0.05) is 0 Å². The second-order valence-corrected chi connectivity index (χ2v) is 14.5. The molecule has 1 heteroatoms. The molecular formula is C9H16I-. The van der Waals surface area contributed by atoms with Crippen LogP contribution in [0.3, 0.4) is 0 Å². The van der Waals surface area contributed by atoms with Crippen LogP contribution in [0.15, 0.2) is 12.2 Å². The van der Waals surface area contributed by atoms with Crippen LogP contribution in [-0.4, -0.2) is 17.7 Å². The van der Waals surface area contributed by atoms with Crippen molar-refractivity contribution in [1.29, 1.82) is 0 Å². The predicted molar refractivity (Wildman–Crippen MR) is 42.4 cm³/mol. The van der Waals surface area contributed by atoms with E-state index < -0.39 is 18.4 Å². The van der Waals surface area contributed by atoms with Crippen LogP contribution in [0, 0.1) is 5.92 Å². The average molecular weight is 251 g/mol. The predicted octanol–water partition coefficient (Wildman–Crippen LogP) is -1.25. The van der Waals surface area contributed by atoms with E-state index in [1.54, 1.807) is 14.4 Å². The number of hydrogen-bond acceptors (Lipinski definition) is 0. The van der Waals surface area contributed by atoms with E-state index in [1.807, 2.05) is 0 Å². The first-order valence-electron chi connectivity index (χ1n) is 3.95. The van der Waals surface area contributed by atoms with Crippen LogP contribution < -0.4 is 18.4 Å². The van der Waals surface area contributed by atoms with Crippen molar-refractivity contribution in [1.82, 2.24) is 0 Å². The monoisotopic (exact) mass is 251 g/mol. The molecule has 0 amide bonds. The zero-order chi connectivity index (χ0) is 7.35. The summed E-state index contributed by atoms with van der Waals surface area (Å²) in [4.78, 5) is 2.61. The van der Waals surface area contributed by atoms with Gasteiger partial charge < -0.3 is 0 Å². The van der Waals surface area contributed by atoms with Crippen LogP contribution in [0.5, 0.6) is 0 Å². The molecule has 2 saturated heterocycles. The fraction of sp³-hybridized carbons (Fsp3) is 0.778. The zero-order valence-electron chi connectivity index (χ0n) is 6.86. The molecule has 0 N–H and O–H groups in total. The van der Waals surface area contributed by atoms with Crippen molar-refractivity contribution in [2.45, 2.75) is 17.3 Å². The van der Waals surface area contributed by atoms with E-state index in [2.05, 4.69) is 18.4 Å². The van der Waals surface area contributed by atoms with Gasteiger partial charge in [-0.2, -0.15) is 0 Å². The number of rotatable bonds is 0. The summed E-state index contributed by atoms with van der Waals surface area (Å²) in [6.45, 7) is 6.52. The molecule has 3 unspecified atom stereocenters. The van der Waals surface area contributed by atoms with Crippen molar-refractivity contribution in [2.75, 3.05) is 13.8 Å². The molecule has 2 fully saturated rings. The van der Waals surface area contributed by atoms with Crippen molar-refractivity contribution in [2.24, 2.45) is 5.92 Å². The van der Waals surface area contributed by atoms with Crippen molar-refractivity contribution in [3.63, 3.8) is 0 Å². The third-order valence-electron chi connectivity index (χ3n) is 3.11. The number of allylic oxidation sites excluding steroid dienone is 1. The van der Waals surface area contributed by atoms with E-state index in [0.29, 0.717) is 0 Å². The number of halogens is 1. The molecule has 0 aliphatic carbocycles. The number of alkyl halides is 4. The molecule has 0 aromatic heterocycles. The molecular weight excluding hydrogens is 235 g/mol. The summed E-state index contributed by atoms with van der Waals surface area (Å²) in [5.41, 5.74) is 1.54. The first kappa shape index (κ1) is 7.14. The Morgan fingerprint density at radius 2 is 2.30 bits per heavy atom. The summed E-state index contributed by atoms with van der Waals surface area (Å²) in [5.74, 6) is 0.898. The van der Waals surface area contributed by atoms with Crippen molar-refractivity contribution >= 4 is 0 Å². The summed E-state index contributed by atoms with van der Waals surface area (Å²) in [6, 6.07) is 0. The van der Waals surface area contributed by atoms with Crippen LogP contribution in [0.25, 0.3) is 0 Å². The molecule has 0 aromatic rings. The molecule has 0 spiro atoms. The quantitative estimate of drug-likeness (QED) is 0.287. The number of fused-ring (bicyclic) bond motifs is 1. The van der Waals surface area contributed by atoms with Crippen molar-refractivity contribution in [3.8, 4) is 0 Å². The van der Waals surface area contributed by atoms with Crippen molar-refractivity contribution in [3.05, 3.63) is 12.2 Å². The average Bonchev–Trinajstić information content (AvgIpc) is 2.56. The van der Waals surface area contributed by atoms with Gasteiger partial charge in [0, 0.05) is 0 Å². The standard InChI is InChI=1S/C9H16I/c1-7-4-5-10(3)6-9(10)8(7)2/h8-9H,1,4-6H2,2-3H3/q-1. The fourth-order valence-corrected chi connectivity index (χ4v) is 14.5. The Morgan fingerprint density at radius 3 is 2.90 bits per heavy atom. The molecule has 60 valence electrons. The molecule has 0 aromatic carbocycles. The molecule has 3 atom stereocenters. The first-order valence-corrected chi connectivity index (χ1v) is 10.4. The Balaban J connectivity index is 2.16. The number of hydrogen-bond donors (Lipinski definition) is 0. The van der Waals surface area contributed by atoms with Gasteiger partial charge in [0.2, 0.25) is 0 Å². The Bertz CT molecular complexity index is 185. The zero-order valence-corrected chi connectivity index (χ0v) is 9.02. The van der Waals surface area contributed by atoms with E-state index in [4.69, 9.17) is 0 Å². The van der Waals surface area contributed by atoms with Crippen molar-refractivity contribution < 1.29 is 18.4 Å². The second kappa shape index (κ2) is 1.99. The van der Waals surface area contributed by atoms with E-state index in [1.165, 1.54) is 10.3 Å². The molecule has 0 bridgehead atoms. The summed E-state index contributed by atoms with van der Waals surface area (Å²) in [6.07, 6.45) is 1.37.